The summed E-state index contributed by atoms with van der Waals surface area (Å²) in [5, 5.41) is 3.98. The van der Waals surface area contributed by atoms with Crippen LogP contribution in [0.3, 0.4) is 0 Å². The van der Waals surface area contributed by atoms with Crippen molar-refractivity contribution < 1.29 is 14.1 Å². The zero-order chi connectivity index (χ0) is 14.6. The van der Waals surface area contributed by atoms with Crippen LogP contribution in [0.5, 0.6) is 0 Å². The molecule has 0 atom stereocenters. The second-order valence-corrected chi connectivity index (χ2v) is 5.28. The molecular formula is C13H22N4O3. The van der Waals surface area contributed by atoms with Crippen molar-refractivity contribution in [3.63, 3.8) is 0 Å². The van der Waals surface area contributed by atoms with Gasteiger partial charge in [0.15, 0.2) is 5.82 Å². The van der Waals surface area contributed by atoms with Gasteiger partial charge in [0.05, 0.1) is 18.6 Å². The van der Waals surface area contributed by atoms with Gasteiger partial charge in [0.25, 0.3) is 0 Å². The third kappa shape index (κ3) is 3.55. The van der Waals surface area contributed by atoms with E-state index in [1.165, 1.54) is 0 Å². The maximum absolute atomic E-state index is 11.3. The number of likely N-dealkylation sites (tertiary alicyclic amines) is 1. The summed E-state index contributed by atoms with van der Waals surface area (Å²) in [6.45, 7) is 4.00. The molecule has 0 unspecified atom stereocenters. The average Bonchev–Trinajstić information content (AvgIpc) is 2.90. The molecule has 1 aromatic heterocycles. The van der Waals surface area contributed by atoms with Crippen LogP contribution < -0.4 is 5.73 Å². The van der Waals surface area contributed by atoms with Crippen molar-refractivity contribution >= 4 is 5.97 Å². The van der Waals surface area contributed by atoms with Crippen LogP contribution in [0.2, 0.25) is 0 Å². The van der Waals surface area contributed by atoms with Gasteiger partial charge < -0.3 is 19.9 Å². The number of esters is 1. The fourth-order valence-electron chi connectivity index (χ4n) is 2.24. The Morgan fingerprint density at radius 2 is 2.20 bits per heavy atom. The molecule has 0 aromatic carbocycles. The maximum Gasteiger partial charge on any atom is 0.306 e. The van der Waals surface area contributed by atoms with E-state index in [1.54, 1.807) is 6.92 Å². The Labute approximate surface area is 118 Å². The molecule has 0 spiro atoms. The predicted molar refractivity (Wildman–Crippen MR) is 71.8 cm³/mol. The van der Waals surface area contributed by atoms with E-state index in [1.807, 2.05) is 0 Å². The molecule has 0 saturated carbocycles. The van der Waals surface area contributed by atoms with Gasteiger partial charge in [-0.15, -0.1) is 0 Å². The third-order valence-electron chi connectivity index (χ3n) is 3.64. The molecule has 7 heteroatoms. The van der Waals surface area contributed by atoms with Crippen molar-refractivity contribution in [1.82, 2.24) is 15.0 Å². The molecule has 0 radical (unpaired) electrons. The summed E-state index contributed by atoms with van der Waals surface area (Å²) in [6.07, 6.45) is 2.25. The van der Waals surface area contributed by atoms with Crippen LogP contribution in [0.4, 0.5) is 0 Å². The molecule has 0 aliphatic carbocycles. The first-order chi connectivity index (χ1) is 9.53. The van der Waals surface area contributed by atoms with Crippen LogP contribution in [-0.4, -0.2) is 47.8 Å². The Morgan fingerprint density at radius 3 is 2.85 bits per heavy atom. The highest BCUT2D eigenvalue weighted by molar-refractivity contribution is 5.69. The van der Waals surface area contributed by atoms with Gasteiger partial charge in [-0.25, -0.2) is 0 Å². The highest BCUT2D eigenvalue weighted by Crippen LogP contribution is 2.27. The van der Waals surface area contributed by atoms with E-state index in [9.17, 15) is 4.79 Å². The van der Waals surface area contributed by atoms with E-state index in [0.29, 0.717) is 24.7 Å². The summed E-state index contributed by atoms with van der Waals surface area (Å²) in [4.78, 5) is 17.8. The van der Waals surface area contributed by atoms with Crippen molar-refractivity contribution in [2.45, 2.75) is 38.1 Å². The SMILES string of the molecule is CCOC(=O)CCc1nc(C2(N)CCN(C)CC2)no1. The molecule has 2 N–H and O–H groups in total. The molecule has 1 aliphatic heterocycles. The monoisotopic (exact) mass is 282 g/mol. The third-order valence-corrected chi connectivity index (χ3v) is 3.64. The maximum atomic E-state index is 11.3. The normalized spacial score (nSPS) is 18.9. The molecule has 2 rings (SSSR count). The fourth-order valence-corrected chi connectivity index (χ4v) is 2.24. The Balaban J connectivity index is 1.93. The predicted octanol–water partition coefficient (Wildman–Crippen LogP) is 0.445. The minimum Gasteiger partial charge on any atom is -0.466 e. The van der Waals surface area contributed by atoms with E-state index in [4.69, 9.17) is 15.0 Å². The number of piperidine rings is 1. The average molecular weight is 282 g/mol. The van der Waals surface area contributed by atoms with Gasteiger partial charge in [-0.05, 0) is 26.8 Å². The lowest BCUT2D eigenvalue weighted by atomic mass is 9.88. The number of nitrogens with zero attached hydrogens (tertiary/aromatic N) is 3. The number of ether oxygens (including phenoxy) is 1. The number of rotatable bonds is 5. The summed E-state index contributed by atoms with van der Waals surface area (Å²) in [5.74, 6) is 0.732. The lowest BCUT2D eigenvalue weighted by molar-refractivity contribution is -0.143. The second-order valence-electron chi connectivity index (χ2n) is 5.28. The molecule has 0 amide bonds. The zero-order valence-corrected chi connectivity index (χ0v) is 12.1. The zero-order valence-electron chi connectivity index (χ0n) is 12.1. The summed E-state index contributed by atoms with van der Waals surface area (Å²) in [7, 11) is 2.07. The van der Waals surface area contributed by atoms with Crippen LogP contribution in [-0.2, 0) is 21.5 Å². The molecule has 1 aliphatic rings. The standard InChI is InChI=1S/C13H22N4O3/c1-3-19-11(18)5-4-10-15-12(16-20-10)13(14)6-8-17(2)9-7-13/h3-9,14H2,1-2H3. The van der Waals surface area contributed by atoms with Gasteiger partial charge in [0.1, 0.15) is 0 Å². The van der Waals surface area contributed by atoms with Crippen LogP contribution in [0, 0.1) is 0 Å². The van der Waals surface area contributed by atoms with Crippen molar-refractivity contribution in [3.05, 3.63) is 11.7 Å². The lowest BCUT2D eigenvalue weighted by Crippen LogP contribution is -2.47. The molecule has 1 aromatic rings. The first kappa shape index (κ1) is 14.9. The molecule has 1 saturated heterocycles. The second kappa shape index (κ2) is 6.32. The topological polar surface area (TPSA) is 94.5 Å². The Morgan fingerprint density at radius 1 is 1.50 bits per heavy atom. The molecule has 2 heterocycles. The largest absolute Gasteiger partial charge is 0.466 e. The number of carbonyl (C=O) groups excluding carboxylic acids is 1. The highest BCUT2D eigenvalue weighted by atomic mass is 16.5. The molecular weight excluding hydrogens is 260 g/mol. The van der Waals surface area contributed by atoms with E-state index in [2.05, 4.69) is 22.1 Å². The van der Waals surface area contributed by atoms with E-state index in [0.717, 1.165) is 25.9 Å². The van der Waals surface area contributed by atoms with Gasteiger partial charge in [0.2, 0.25) is 5.89 Å². The number of carbonyl (C=O) groups is 1. The summed E-state index contributed by atoms with van der Waals surface area (Å²) >= 11 is 0. The van der Waals surface area contributed by atoms with E-state index in [-0.39, 0.29) is 12.4 Å². The van der Waals surface area contributed by atoms with E-state index < -0.39 is 5.54 Å². The number of aromatic nitrogens is 2. The minimum absolute atomic E-state index is 0.246. The molecule has 1 fully saturated rings. The number of nitrogens with two attached hydrogens (primary N) is 1. The summed E-state index contributed by atoms with van der Waals surface area (Å²) < 4.78 is 10.0. The van der Waals surface area contributed by atoms with Crippen LogP contribution in [0.15, 0.2) is 4.52 Å². The van der Waals surface area contributed by atoms with Gasteiger partial charge in [-0.2, -0.15) is 4.98 Å². The molecule has 112 valence electrons. The number of aryl methyl sites for hydroxylation is 1. The van der Waals surface area contributed by atoms with Gasteiger partial charge in [0, 0.05) is 19.5 Å². The molecule has 0 bridgehead atoms. The smallest absolute Gasteiger partial charge is 0.306 e. The Bertz CT molecular complexity index is 452. The van der Waals surface area contributed by atoms with Crippen molar-refractivity contribution in [2.24, 2.45) is 5.73 Å². The van der Waals surface area contributed by atoms with Crippen LogP contribution in [0.25, 0.3) is 0 Å². The lowest BCUT2D eigenvalue weighted by Gasteiger charge is -2.35. The highest BCUT2D eigenvalue weighted by Gasteiger charge is 2.35. The number of hydrogen-bond acceptors (Lipinski definition) is 7. The molecule has 20 heavy (non-hydrogen) atoms. The van der Waals surface area contributed by atoms with Gasteiger partial charge in [-0.3, -0.25) is 4.79 Å². The first-order valence-corrected chi connectivity index (χ1v) is 6.99. The van der Waals surface area contributed by atoms with E-state index >= 15 is 0 Å². The van der Waals surface area contributed by atoms with Crippen LogP contribution >= 0.6 is 0 Å². The fraction of sp³-hybridized carbons (Fsp3) is 0.769. The molecule has 7 nitrogen and oxygen atoms in total. The quantitative estimate of drug-likeness (QED) is 0.783. The Kier molecular flexibility index (Phi) is 4.72. The Hall–Kier alpha value is -1.47. The van der Waals surface area contributed by atoms with Crippen LogP contribution in [0.1, 0.15) is 37.9 Å². The minimum atomic E-state index is -0.516. The van der Waals surface area contributed by atoms with Crippen molar-refractivity contribution in [2.75, 3.05) is 26.7 Å². The number of hydrogen-bond donors (Lipinski definition) is 1. The summed E-state index contributed by atoms with van der Waals surface area (Å²) in [6, 6.07) is 0. The van der Waals surface area contributed by atoms with Gasteiger partial charge >= 0.3 is 5.97 Å². The van der Waals surface area contributed by atoms with Crippen molar-refractivity contribution in [1.29, 1.82) is 0 Å². The van der Waals surface area contributed by atoms with Crippen molar-refractivity contribution in [3.8, 4) is 0 Å². The first-order valence-electron chi connectivity index (χ1n) is 6.99. The van der Waals surface area contributed by atoms with Gasteiger partial charge in [-0.1, -0.05) is 5.16 Å². The summed E-state index contributed by atoms with van der Waals surface area (Å²) in [5.41, 5.74) is 5.84.